The van der Waals surface area contributed by atoms with Crippen LogP contribution in [0, 0.1) is 11.8 Å². The van der Waals surface area contributed by atoms with Gasteiger partial charge in [-0.3, -0.25) is 4.90 Å². The molecule has 21 heavy (non-hydrogen) atoms. The summed E-state index contributed by atoms with van der Waals surface area (Å²) in [5, 5.41) is 8.68. The first kappa shape index (κ1) is 15.8. The zero-order valence-electron chi connectivity index (χ0n) is 12.2. The van der Waals surface area contributed by atoms with E-state index >= 15 is 0 Å². The molecule has 1 saturated heterocycles. The number of aliphatic hydroxyl groups excluding tert-OH is 1. The van der Waals surface area contributed by atoms with Gasteiger partial charge in [-0.15, -0.1) is 11.3 Å². The van der Waals surface area contributed by atoms with Gasteiger partial charge in [-0.25, -0.2) is 4.79 Å². The van der Waals surface area contributed by atoms with Gasteiger partial charge in [0.2, 0.25) is 0 Å². The molecule has 114 valence electrons. The third-order valence-corrected chi connectivity index (χ3v) is 4.22. The van der Waals surface area contributed by atoms with Gasteiger partial charge in [-0.2, -0.15) is 0 Å². The van der Waals surface area contributed by atoms with E-state index in [4.69, 9.17) is 9.84 Å². The third-order valence-electron chi connectivity index (χ3n) is 3.23. The van der Waals surface area contributed by atoms with Crippen molar-refractivity contribution in [3.63, 3.8) is 0 Å². The second kappa shape index (κ2) is 8.03. The van der Waals surface area contributed by atoms with E-state index in [1.165, 1.54) is 4.88 Å². The van der Waals surface area contributed by atoms with Gasteiger partial charge in [0.25, 0.3) is 0 Å². The van der Waals surface area contributed by atoms with Crippen LogP contribution in [0.1, 0.15) is 16.7 Å². The van der Waals surface area contributed by atoms with Crippen LogP contribution >= 0.6 is 11.3 Å². The fourth-order valence-corrected chi connectivity index (χ4v) is 3.11. The molecule has 1 aromatic heterocycles. The van der Waals surface area contributed by atoms with Crippen molar-refractivity contribution < 1.29 is 14.6 Å². The summed E-state index contributed by atoms with van der Waals surface area (Å²) in [5.74, 6) is 5.57. The van der Waals surface area contributed by atoms with Crippen molar-refractivity contribution in [1.82, 2.24) is 9.80 Å². The summed E-state index contributed by atoms with van der Waals surface area (Å²) >= 11 is 1.65. The Morgan fingerprint density at radius 1 is 1.38 bits per heavy atom. The van der Waals surface area contributed by atoms with Crippen LogP contribution in [0.25, 0.3) is 0 Å². The van der Waals surface area contributed by atoms with E-state index in [1.807, 2.05) is 13.0 Å². The highest BCUT2D eigenvalue weighted by Crippen LogP contribution is 2.18. The van der Waals surface area contributed by atoms with E-state index in [0.29, 0.717) is 19.7 Å². The molecule has 2 heterocycles. The molecule has 0 aromatic carbocycles. The Labute approximate surface area is 129 Å². The highest BCUT2D eigenvalue weighted by atomic mass is 32.1. The minimum Gasteiger partial charge on any atom is -0.450 e. The SMILES string of the molecule is CCOC(=O)N1CCN(Cc2ccc(C#CCO)s2)CC1. The number of carbonyl (C=O) groups is 1. The number of aliphatic hydroxyl groups is 1. The summed E-state index contributed by atoms with van der Waals surface area (Å²) in [7, 11) is 0. The molecule has 1 fully saturated rings. The molecule has 0 bridgehead atoms. The summed E-state index contributed by atoms with van der Waals surface area (Å²) in [6.07, 6.45) is -0.213. The first-order valence-electron chi connectivity index (χ1n) is 7.05. The van der Waals surface area contributed by atoms with Crippen LogP contribution in [0.2, 0.25) is 0 Å². The van der Waals surface area contributed by atoms with Gasteiger partial charge in [-0.1, -0.05) is 11.8 Å². The fourth-order valence-electron chi connectivity index (χ4n) is 2.18. The molecule has 6 heteroatoms. The van der Waals surface area contributed by atoms with E-state index in [-0.39, 0.29) is 12.7 Å². The lowest BCUT2D eigenvalue weighted by Crippen LogP contribution is -2.48. The van der Waals surface area contributed by atoms with E-state index in [2.05, 4.69) is 22.8 Å². The molecule has 1 N–H and O–H groups in total. The van der Waals surface area contributed by atoms with Gasteiger partial charge in [0.15, 0.2) is 0 Å². The maximum atomic E-state index is 11.6. The monoisotopic (exact) mass is 308 g/mol. The van der Waals surface area contributed by atoms with Crippen LogP contribution in [0.5, 0.6) is 0 Å². The third kappa shape index (κ3) is 4.74. The Kier molecular flexibility index (Phi) is 6.05. The average molecular weight is 308 g/mol. The van der Waals surface area contributed by atoms with E-state index in [9.17, 15) is 4.79 Å². The van der Waals surface area contributed by atoms with Crippen molar-refractivity contribution in [3.05, 3.63) is 21.9 Å². The standard InChI is InChI=1S/C15H20N2O3S/c1-2-20-15(19)17-9-7-16(8-10-17)12-14-6-5-13(21-14)4-3-11-18/h5-6,18H,2,7-12H2,1H3. The molecule has 1 aliphatic heterocycles. The van der Waals surface area contributed by atoms with Crippen LogP contribution in [0.3, 0.4) is 0 Å². The molecule has 0 atom stereocenters. The highest BCUT2D eigenvalue weighted by Gasteiger charge is 2.21. The van der Waals surface area contributed by atoms with E-state index in [0.717, 1.165) is 24.5 Å². The zero-order valence-corrected chi connectivity index (χ0v) is 13.0. The highest BCUT2D eigenvalue weighted by molar-refractivity contribution is 7.12. The van der Waals surface area contributed by atoms with Crippen LogP contribution < -0.4 is 0 Å². The summed E-state index contributed by atoms with van der Waals surface area (Å²) < 4.78 is 5.01. The number of rotatable bonds is 3. The Hall–Kier alpha value is -1.55. The summed E-state index contributed by atoms with van der Waals surface area (Å²) in [6.45, 7) is 6.14. The maximum absolute atomic E-state index is 11.6. The predicted octanol–water partition coefficient (Wildman–Crippen LogP) is 1.37. The van der Waals surface area contributed by atoms with Crippen molar-refractivity contribution in [2.75, 3.05) is 39.4 Å². The molecule has 0 spiro atoms. The lowest BCUT2D eigenvalue weighted by Gasteiger charge is -2.33. The van der Waals surface area contributed by atoms with Crippen LogP contribution in [-0.2, 0) is 11.3 Å². The molecule has 2 rings (SSSR count). The van der Waals surface area contributed by atoms with Gasteiger partial charge < -0.3 is 14.7 Å². The predicted molar refractivity (Wildman–Crippen MR) is 82.2 cm³/mol. The van der Waals surface area contributed by atoms with E-state index < -0.39 is 0 Å². The van der Waals surface area contributed by atoms with Gasteiger partial charge in [0.05, 0.1) is 11.5 Å². The molecule has 0 unspecified atom stereocenters. The van der Waals surface area contributed by atoms with E-state index in [1.54, 1.807) is 16.2 Å². The Morgan fingerprint density at radius 2 is 2.14 bits per heavy atom. The number of hydrogen-bond donors (Lipinski definition) is 1. The van der Waals surface area contributed by atoms with Crippen LogP contribution in [0.15, 0.2) is 12.1 Å². The summed E-state index contributed by atoms with van der Waals surface area (Å²) in [6, 6.07) is 4.06. The number of ether oxygens (including phenoxy) is 1. The molecule has 1 amide bonds. The normalized spacial score (nSPS) is 15.4. The lowest BCUT2D eigenvalue weighted by atomic mass is 10.3. The first-order valence-corrected chi connectivity index (χ1v) is 7.87. The minimum absolute atomic E-state index is 0.108. The number of thiophene rings is 1. The minimum atomic E-state index is -0.213. The van der Waals surface area contributed by atoms with Gasteiger partial charge in [0.1, 0.15) is 6.61 Å². The fraction of sp³-hybridized carbons (Fsp3) is 0.533. The summed E-state index contributed by atoms with van der Waals surface area (Å²) in [4.78, 5) is 17.9. The van der Waals surface area contributed by atoms with Crippen LogP contribution in [0.4, 0.5) is 4.79 Å². The first-order chi connectivity index (χ1) is 10.2. The number of amides is 1. The van der Waals surface area contributed by atoms with Crippen molar-refractivity contribution in [2.24, 2.45) is 0 Å². The zero-order chi connectivity index (χ0) is 15.1. The topological polar surface area (TPSA) is 53.0 Å². The molecule has 5 nitrogen and oxygen atoms in total. The Balaban J connectivity index is 1.80. The summed E-state index contributed by atoms with van der Waals surface area (Å²) in [5.41, 5.74) is 0. The Morgan fingerprint density at radius 3 is 2.81 bits per heavy atom. The molecular formula is C15H20N2O3S. The number of hydrogen-bond acceptors (Lipinski definition) is 5. The molecular weight excluding hydrogens is 288 g/mol. The maximum Gasteiger partial charge on any atom is 0.409 e. The molecule has 1 aliphatic rings. The van der Waals surface area contributed by atoms with Gasteiger partial charge in [0, 0.05) is 37.6 Å². The van der Waals surface area contributed by atoms with Crippen molar-refractivity contribution >= 4 is 17.4 Å². The number of nitrogens with zero attached hydrogens (tertiary/aromatic N) is 2. The smallest absolute Gasteiger partial charge is 0.409 e. The second-order valence-electron chi connectivity index (χ2n) is 4.69. The lowest BCUT2D eigenvalue weighted by molar-refractivity contribution is 0.0781. The molecule has 0 radical (unpaired) electrons. The van der Waals surface area contributed by atoms with Crippen molar-refractivity contribution in [1.29, 1.82) is 0 Å². The largest absolute Gasteiger partial charge is 0.450 e. The second-order valence-corrected chi connectivity index (χ2v) is 5.86. The van der Waals surface area contributed by atoms with Crippen molar-refractivity contribution in [2.45, 2.75) is 13.5 Å². The molecule has 1 aromatic rings. The number of piperazine rings is 1. The molecule has 0 saturated carbocycles. The van der Waals surface area contributed by atoms with Crippen molar-refractivity contribution in [3.8, 4) is 11.8 Å². The molecule has 0 aliphatic carbocycles. The van der Waals surface area contributed by atoms with Gasteiger partial charge in [-0.05, 0) is 19.1 Å². The van der Waals surface area contributed by atoms with Crippen LogP contribution in [-0.4, -0.2) is 60.4 Å². The van der Waals surface area contributed by atoms with Gasteiger partial charge >= 0.3 is 6.09 Å². The quantitative estimate of drug-likeness (QED) is 0.857. The average Bonchev–Trinajstić information content (AvgIpc) is 2.93. The Bertz CT molecular complexity index is 525. The number of carbonyl (C=O) groups excluding carboxylic acids is 1.